The Hall–Kier alpha value is -2.34. The molecule has 0 radical (unpaired) electrons. The third-order valence-electron chi connectivity index (χ3n) is 4.42. The van der Waals surface area contributed by atoms with Gasteiger partial charge in [0.2, 0.25) is 0 Å². The van der Waals surface area contributed by atoms with Crippen LogP contribution in [0.1, 0.15) is 19.4 Å². The predicted octanol–water partition coefficient (Wildman–Crippen LogP) is 3.41. The van der Waals surface area contributed by atoms with E-state index in [0.29, 0.717) is 0 Å². The lowest BCUT2D eigenvalue weighted by molar-refractivity contribution is -0.413. The molecule has 1 heterocycles. The molecule has 0 aromatic heterocycles. The van der Waals surface area contributed by atoms with Crippen molar-refractivity contribution in [2.45, 2.75) is 44.4 Å². The number of esters is 2. The van der Waals surface area contributed by atoms with Crippen molar-refractivity contribution >= 4 is 11.9 Å². The van der Waals surface area contributed by atoms with Gasteiger partial charge in [0.15, 0.2) is 0 Å². The zero-order chi connectivity index (χ0) is 22.7. The molecule has 1 aliphatic heterocycles. The maximum Gasteiger partial charge on any atom is 0.429 e. The summed E-state index contributed by atoms with van der Waals surface area (Å²) >= 11 is 0. The molecule has 0 N–H and O–H groups in total. The minimum Gasteiger partial charge on any atom is -0.466 e. The fourth-order valence-corrected chi connectivity index (χ4v) is 3.21. The molecule has 1 aromatic carbocycles. The summed E-state index contributed by atoms with van der Waals surface area (Å²) in [7, 11) is 0. The van der Waals surface area contributed by atoms with E-state index in [1.165, 1.54) is 38.1 Å². The number of nitrogens with zero attached hydrogens (tertiary/aromatic N) is 1. The lowest BCUT2D eigenvalue weighted by atomic mass is 9.81. The first-order valence-electron chi connectivity index (χ1n) is 8.87. The fraction of sp³-hybridized carbons (Fsp3) is 0.556. The molecule has 0 aliphatic carbocycles. The second-order valence-electron chi connectivity index (χ2n) is 6.31. The Morgan fingerprint density at radius 3 is 1.93 bits per heavy atom. The number of hydroxylamine groups is 2. The van der Waals surface area contributed by atoms with Crippen LogP contribution in [0.15, 0.2) is 30.3 Å². The van der Waals surface area contributed by atoms with E-state index in [1.54, 1.807) is 6.07 Å². The molecular formula is C18H19F6NO5. The zero-order valence-corrected chi connectivity index (χ0v) is 15.9. The van der Waals surface area contributed by atoms with Crippen LogP contribution in [0.5, 0.6) is 0 Å². The Morgan fingerprint density at radius 1 is 0.967 bits per heavy atom. The zero-order valence-electron chi connectivity index (χ0n) is 15.9. The lowest BCUT2D eigenvalue weighted by Crippen LogP contribution is -2.64. The van der Waals surface area contributed by atoms with Crippen LogP contribution in [0.3, 0.4) is 0 Å². The maximum absolute atomic E-state index is 13.9. The van der Waals surface area contributed by atoms with Crippen molar-refractivity contribution < 1.29 is 50.2 Å². The van der Waals surface area contributed by atoms with Gasteiger partial charge in [0.05, 0.1) is 19.8 Å². The standard InChI is InChI=1S/C18H19F6NO5/c1-3-28-14(26)12-13(15(27)29-4-2)25(10-11-8-6-5-7-9-11)30-16(12,17(19,20)21)18(22,23)24/h5-9,12-13H,3-4,10H2,1-2H3/t12-,13-/m0/s1. The number of halogens is 6. The summed E-state index contributed by atoms with van der Waals surface area (Å²) in [4.78, 5) is 29.2. The van der Waals surface area contributed by atoms with Crippen LogP contribution >= 0.6 is 0 Å². The first kappa shape index (κ1) is 23.9. The van der Waals surface area contributed by atoms with E-state index in [9.17, 15) is 35.9 Å². The number of benzene rings is 1. The summed E-state index contributed by atoms with van der Waals surface area (Å²) in [5.41, 5.74) is -4.74. The smallest absolute Gasteiger partial charge is 0.429 e. The molecule has 2 rings (SSSR count). The van der Waals surface area contributed by atoms with Crippen molar-refractivity contribution in [2.24, 2.45) is 5.92 Å². The molecule has 12 heteroatoms. The van der Waals surface area contributed by atoms with Crippen LogP contribution < -0.4 is 0 Å². The van der Waals surface area contributed by atoms with Crippen LogP contribution in [-0.2, 0) is 30.4 Å². The molecule has 1 saturated heterocycles. The Balaban J connectivity index is 2.68. The minimum absolute atomic E-state index is 0.190. The van der Waals surface area contributed by atoms with E-state index in [2.05, 4.69) is 14.3 Å². The SMILES string of the molecule is CCOC(=O)[C@@H]1[C@@H](C(=O)OCC)C(C(F)(F)F)(C(F)(F)F)ON1Cc1ccccc1. The topological polar surface area (TPSA) is 65.1 Å². The normalized spacial score (nSPS) is 22.0. The Morgan fingerprint density at radius 2 is 1.47 bits per heavy atom. The Bertz CT molecular complexity index is 738. The second-order valence-corrected chi connectivity index (χ2v) is 6.31. The van der Waals surface area contributed by atoms with Crippen molar-refractivity contribution in [3.8, 4) is 0 Å². The van der Waals surface area contributed by atoms with Gasteiger partial charge < -0.3 is 9.47 Å². The monoisotopic (exact) mass is 443 g/mol. The van der Waals surface area contributed by atoms with Crippen molar-refractivity contribution in [1.82, 2.24) is 5.06 Å². The minimum atomic E-state index is -6.10. The molecule has 1 aliphatic rings. The average molecular weight is 443 g/mol. The predicted molar refractivity (Wildman–Crippen MR) is 88.5 cm³/mol. The molecule has 0 unspecified atom stereocenters. The van der Waals surface area contributed by atoms with E-state index in [-0.39, 0.29) is 17.2 Å². The van der Waals surface area contributed by atoms with E-state index in [1.807, 2.05) is 0 Å². The molecule has 168 valence electrons. The molecule has 2 atom stereocenters. The van der Waals surface area contributed by atoms with Crippen molar-refractivity contribution in [2.75, 3.05) is 13.2 Å². The molecule has 0 spiro atoms. The second kappa shape index (κ2) is 8.80. The molecule has 30 heavy (non-hydrogen) atoms. The van der Waals surface area contributed by atoms with Gasteiger partial charge in [-0.1, -0.05) is 30.3 Å². The third kappa shape index (κ3) is 4.24. The number of rotatable bonds is 6. The largest absolute Gasteiger partial charge is 0.466 e. The van der Waals surface area contributed by atoms with Gasteiger partial charge in [-0.25, -0.2) is 0 Å². The highest BCUT2D eigenvalue weighted by atomic mass is 19.4. The molecule has 0 amide bonds. The molecule has 0 bridgehead atoms. The van der Waals surface area contributed by atoms with Crippen LogP contribution in [0.4, 0.5) is 26.3 Å². The van der Waals surface area contributed by atoms with Crippen molar-refractivity contribution in [3.05, 3.63) is 35.9 Å². The lowest BCUT2D eigenvalue weighted by Gasteiger charge is -2.35. The van der Waals surface area contributed by atoms with Crippen LogP contribution in [0.2, 0.25) is 0 Å². The molecule has 1 aromatic rings. The van der Waals surface area contributed by atoms with Gasteiger partial charge in [0.1, 0.15) is 12.0 Å². The number of hydrogen-bond donors (Lipinski definition) is 0. The average Bonchev–Trinajstić information content (AvgIpc) is 2.99. The van der Waals surface area contributed by atoms with E-state index >= 15 is 0 Å². The quantitative estimate of drug-likeness (QED) is 0.496. The van der Waals surface area contributed by atoms with Crippen LogP contribution in [-0.4, -0.2) is 54.2 Å². The summed E-state index contributed by atoms with van der Waals surface area (Å²) in [5, 5.41) is 0.190. The van der Waals surface area contributed by atoms with E-state index < -0.39 is 55.0 Å². The third-order valence-corrected chi connectivity index (χ3v) is 4.42. The highest BCUT2D eigenvalue weighted by Gasteiger charge is 2.84. The number of carbonyl (C=O) groups excluding carboxylic acids is 2. The van der Waals surface area contributed by atoms with Gasteiger partial charge in [0.25, 0.3) is 5.60 Å². The van der Waals surface area contributed by atoms with Gasteiger partial charge in [-0.2, -0.15) is 31.4 Å². The summed E-state index contributed by atoms with van der Waals surface area (Å²) in [6, 6.07) is 5.04. The summed E-state index contributed by atoms with van der Waals surface area (Å²) < 4.78 is 92.3. The van der Waals surface area contributed by atoms with Crippen molar-refractivity contribution in [1.29, 1.82) is 0 Å². The number of carbonyl (C=O) groups is 2. The summed E-state index contributed by atoms with van der Waals surface area (Å²) in [6.45, 7) is 1.03. The Kier molecular flexibility index (Phi) is 7.02. The van der Waals surface area contributed by atoms with Crippen LogP contribution in [0, 0.1) is 5.92 Å². The number of hydrogen-bond acceptors (Lipinski definition) is 6. The van der Waals surface area contributed by atoms with Gasteiger partial charge in [-0.15, -0.1) is 0 Å². The van der Waals surface area contributed by atoms with E-state index in [0.717, 1.165) is 0 Å². The number of ether oxygens (including phenoxy) is 2. The van der Waals surface area contributed by atoms with Crippen LogP contribution in [0.25, 0.3) is 0 Å². The molecular weight excluding hydrogens is 424 g/mol. The van der Waals surface area contributed by atoms with E-state index in [4.69, 9.17) is 0 Å². The fourth-order valence-electron chi connectivity index (χ4n) is 3.21. The highest BCUT2D eigenvalue weighted by molar-refractivity contribution is 5.86. The summed E-state index contributed by atoms with van der Waals surface area (Å²) in [5.74, 6) is -6.43. The van der Waals surface area contributed by atoms with Gasteiger partial charge in [-0.3, -0.25) is 14.4 Å². The highest BCUT2D eigenvalue weighted by Crippen LogP contribution is 2.56. The Labute approximate surface area is 167 Å². The molecule has 6 nitrogen and oxygen atoms in total. The molecule has 0 saturated carbocycles. The summed E-state index contributed by atoms with van der Waals surface area (Å²) in [6.07, 6.45) is -12.2. The van der Waals surface area contributed by atoms with Gasteiger partial charge in [-0.05, 0) is 19.4 Å². The molecule has 1 fully saturated rings. The maximum atomic E-state index is 13.9. The first-order valence-corrected chi connectivity index (χ1v) is 8.87. The van der Waals surface area contributed by atoms with Crippen molar-refractivity contribution in [3.63, 3.8) is 0 Å². The van der Waals surface area contributed by atoms with Gasteiger partial charge >= 0.3 is 24.3 Å². The first-order chi connectivity index (χ1) is 13.9. The van der Waals surface area contributed by atoms with Gasteiger partial charge in [0, 0.05) is 0 Å². The number of alkyl halides is 6.